The maximum Gasteiger partial charge on any atom is 0.0232 e. The van der Waals surface area contributed by atoms with Gasteiger partial charge in [-0.2, -0.15) is 0 Å². The summed E-state index contributed by atoms with van der Waals surface area (Å²) in [7, 11) is 0. The summed E-state index contributed by atoms with van der Waals surface area (Å²) in [5, 5.41) is 0. The minimum absolute atomic E-state index is 0.277. The molecule has 0 aliphatic rings. The molecule has 2 aromatic carbocycles. The van der Waals surface area contributed by atoms with Gasteiger partial charge in [0.25, 0.3) is 0 Å². The predicted octanol–water partition coefficient (Wildman–Crippen LogP) is 4.88. The third-order valence-corrected chi connectivity index (χ3v) is 4.72. The molecule has 0 radical (unpaired) electrons. The molecule has 2 heteroatoms. The normalized spacial score (nSPS) is 12.4. The zero-order valence-electron chi connectivity index (χ0n) is 13.2. The topological polar surface area (TPSA) is 26.0 Å². The second kappa shape index (κ2) is 7.67. The maximum absolute atomic E-state index is 6.00. The van der Waals surface area contributed by atoms with E-state index in [-0.39, 0.29) is 6.04 Å². The van der Waals surface area contributed by atoms with E-state index in [2.05, 4.69) is 63.2 Å². The highest BCUT2D eigenvalue weighted by molar-refractivity contribution is 7.98. The van der Waals surface area contributed by atoms with Gasteiger partial charge in [-0.15, -0.1) is 11.8 Å². The monoisotopic (exact) mass is 299 g/mol. The summed E-state index contributed by atoms with van der Waals surface area (Å²) < 4.78 is 0. The molecule has 112 valence electrons. The van der Waals surface area contributed by atoms with Crippen molar-refractivity contribution in [3.05, 3.63) is 64.7 Å². The number of hydrogen-bond acceptors (Lipinski definition) is 2. The molecular weight excluding hydrogens is 274 g/mol. The van der Waals surface area contributed by atoms with Crippen LogP contribution in [-0.4, -0.2) is 6.04 Å². The molecule has 21 heavy (non-hydrogen) atoms. The first kappa shape index (κ1) is 16.1. The highest BCUT2D eigenvalue weighted by atomic mass is 32.2. The van der Waals surface area contributed by atoms with Crippen LogP contribution in [0.1, 0.15) is 35.6 Å². The first-order valence-corrected chi connectivity index (χ1v) is 8.60. The van der Waals surface area contributed by atoms with Gasteiger partial charge in [0.15, 0.2) is 0 Å². The van der Waals surface area contributed by atoms with E-state index in [9.17, 15) is 0 Å². The van der Waals surface area contributed by atoms with E-state index in [1.807, 2.05) is 11.8 Å². The first-order valence-electron chi connectivity index (χ1n) is 7.61. The Kier molecular flexibility index (Phi) is 5.89. The Morgan fingerprint density at radius 1 is 0.952 bits per heavy atom. The molecule has 0 amide bonds. The number of hydrogen-bond donors (Lipinski definition) is 1. The Balaban J connectivity index is 1.94. The largest absolute Gasteiger partial charge is 0.327 e. The van der Waals surface area contributed by atoms with Gasteiger partial charge in [0, 0.05) is 16.7 Å². The molecule has 1 nitrogen and oxygen atoms in total. The van der Waals surface area contributed by atoms with Gasteiger partial charge < -0.3 is 5.73 Å². The fraction of sp³-hybridized carbons (Fsp3) is 0.368. The Morgan fingerprint density at radius 2 is 1.57 bits per heavy atom. The fourth-order valence-electron chi connectivity index (χ4n) is 2.49. The van der Waals surface area contributed by atoms with Crippen molar-refractivity contribution in [3.8, 4) is 0 Å². The average Bonchev–Trinajstić information content (AvgIpc) is 2.45. The van der Waals surface area contributed by atoms with Crippen LogP contribution in [0.4, 0.5) is 0 Å². The summed E-state index contributed by atoms with van der Waals surface area (Å²) in [6.45, 7) is 6.46. The molecule has 1 unspecified atom stereocenters. The highest BCUT2D eigenvalue weighted by Crippen LogP contribution is 2.24. The van der Waals surface area contributed by atoms with E-state index in [0.29, 0.717) is 0 Å². The lowest BCUT2D eigenvalue weighted by atomic mass is 10.1. The third kappa shape index (κ3) is 5.22. The molecule has 0 fully saturated rings. The van der Waals surface area contributed by atoms with Gasteiger partial charge in [-0.05, 0) is 49.9 Å². The van der Waals surface area contributed by atoms with Crippen LogP contribution >= 0.6 is 11.8 Å². The molecular formula is C19H25NS. The summed E-state index contributed by atoms with van der Waals surface area (Å²) in [4.78, 5) is 1.32. The molecule has 0 spiro atoms. The van der Waals surface area contributed by atoms with Gasteiger partial charge in [-0.25, -0.2) is 0 Å². The quantitative estimate of drug-likeness (QED) is 0.770. The van der Waals surface area contributed by atoms with E-state index in [4.69, 9.17) is 5.73 Å². The van der Waals surface area contributed by atoms with Crippen molar-refractivity contribution in [1.29, 1.82) is 0 Å². The Morgan fingerprint density at radius 3 is 2.14 bits per heavy atom. The second-order valence-electron chi connectivity index (χ2n) is 5.80. The van der Waals surface area contributed by atoms with Crippen LogP contribution in [0.25, 0.3) is 0 Å². The Labute approximate surface area is 133 Å². The molecule has 0 heterocycles. The Hall–Kier alpha value is -1.25. The summed E-state index contributed by atoms with van der Waals surface area (Å²) in [6, 6.07) is 15.9. The van der Waals surface area contributed by atoms with Crippen LogP contribution in [0.5, 0.6) is 0 Å². The van der Waals surface area contributed by atoms with Crippen molar-refractivity contribution in [2.45, 2.75) is 50.3 Å². The molecule has 2 aromatic rings. The predicted molar refractivity (Wildman–Crippen MR) is 93.9 cm³/mol. The molecule has 0 saturated carbocycles. The van der Waals surface area contributed by atoms with E-state index < -0.39 is 0 Å². The lowest BCUT2D eigenvalue weighted by molar-refractivity contribution is 0.646. The molecule has 0 saturated heterocycles. The Bertz CT molecular complexity index is 554. The standard InChI is InChI=1S/C19H25NS/c1-4-18(20)12-16-5-7-19(8-6-16)21-13-17-10-14(2)9-15(3)11-17/h5-11,18H,4,12-13,20H2,1-3H3. The summed E-state index contributed by atoms with van der Waals surface area (Å²) >= 11 is 1.89. The third-order valence-electron chi connectivity index (χ3n) is 3.63. The lowest BCUT2D eigenvalue weighted by Gasteiger charge is -2.09. The molecule has 1 atom stereocenters. The SMILES string of the molecule is CCC(N)Cc1ccc(SCc2cc(C)cc(C)c2)cc1. The van der Waals surface area contributed by atoms with Crippen LogP contribution in [-0.2, 0) is 12.2 Å². The van der Waals surface area contributed by atoms with Crippen LogP contribution < -0.4 is 5.73 Å². The van der Waals surface area contributed by atoms with E-state index in [0.717, 1.165) is 18.6 Å². The van der Waals surface area contributed by atoms with Crippen molar-refractivity contribution in [2.75, 3.05) is 0 Å². The number of aryl methyl sites for hydroxylation is 2. The first-order chi connectivity index (χ1) is 10.1. The summed E-state index contributed by atoms with van der Waals surface area (Å²) in [5.41, 5.74) is 11.4. The van der Waals surface area contributed by atoms with Gasteiger partial charge in [-0.3, -0.25) is 0 Å². The van der Waals surface area contributed by atoms with Crippen molar-refractivity contribution in [1.82, 2.24) is 0 Å². The molecule has 0 aliphatic carbocycles. The molecule has 0 bridgehead atoms. The molecule has 2 rings (SSSR count). The van der Waals surface area contributed by atoms with Crippen LogP contribution in [0.2, 0.25) is 0 Å². The van der Waals surface area contributed by atoms with Crippen molar-refractivity contribution in [3.63, 3.8) is 0 Å². The van der Waals surface area contributed by atoms with Gasteiger partial charge in [0.1, 0.15) is 0 Å². The number of benzene rings is 2. The molecule has 0 aliphatic heterocycles. The van der Waals surface area contributed by atoms with E-state index >= 15 is 0 Å². The average molecular weight is 299 g/mol. The van der Waals surface area contributed by atoms with Gasteiger partial charge >= 0.3 is 0 Å². The number of nitrogens with two attached hydrogens (primary N) is 1. The van der Waals surface area contributed by atoms with Gasteiger partial charge in [0.05, 0.1) is 0 Å². The van der Waals surface area contributed by atoms with Crippen LogP contribution in [0.3, 0.4) is 0 Å². The molecule has 0 aromatic heterocycles. The lowest BCUT2D eigenvalue weighted by Crippen LogP contribution is -2.21. The van der Waals surface area contributed by atoms with Crippen molar-refractivity contribution in [2.24, 2.45) is 5.73 Å². The maximum atomic E-state index is 6.00. The summed E-state index contributed by atoms with van der Waals surface area (Å²) in [5.74, 6) is 1.02. The van der Waals surface area contributed by atoms with Crippen LogP contribution in [0, 0.1) is 13.8 Å². The van der Waals surface area contributed by atoms with Gasteiger partial charge in [0.2, 0.25) is 0 Å². The van der Waals surface area contributed by atoms with Gasteiger partial charge in [-0.1, -0.05) is 48.4 Å². The zero-order valence-corrected chi connectivity index (χ0v) is 14.0. The van der Waals surface area contributed by atoms with Crippen molar-refractivity contribution < 1.29 is 0 Å². The smallest absolute Gasteiger partial charge is 0.0232 e. The number of thioether (sulfide) groups is 1. The van der Waals surface area contributed by atoms with Crippen molar-refractivity contribution >= 4 is 11.8 Å². The fourth-order valence-corrected chi connectivity index (χ4v) is 3.32. The highest BCUT2D eigenvalue weighted by Gasteiger charge is 2.02. The zero-order chi connectivity index (χ0) is 15.2. The summed E-state index contributed by atoms with van der Waals surface area (Å²) in [6.07, 6.45) is 2.00. The van der Waals surface area contributed by atoms with E-state index in [1.54, 1.807) is 0 Å². The van der Waals surface area contributed by atoms with Crippen LogP contribution in [0.15, 0.2) is 47.4 Å². The minimum Gasteiger partial charge on any atom is -0.327 e. The second-order valence-corrected chi connectivity index (χ2v) is 6.85. The number of rotatable bonds is 6. The minimum atomic E-state index is 0.277. The molecule has 2 N–H and O–H groups in total. The van der Waals surface area contributed by atoms with E-state index in [1.165, 1.54) is 27.1 Å².